The fourth-order valence-electron chi connectivity index (χ4n) is 8.57. The van der Waals surface area contributed by atoms with Gasteiger partial charge in [-0.05, 0) is 63.3 Å². The van der Waals surface area contributed by atoms with E-state index in [4.69, 9.17) is 9.47 Å². The molecule has 4 saturated heterocycles. The number of piperidine rings is 2. The minimum atomic E-state index is -0.888. The summed E-state index contributed by atoms with van der Waals surface area (Å²) in [5.74, 6) is 2.28. The molecule has 8 heterocycles. The van der Waals surface area contributed by atoms with E-state index in [1.54, 1.807) is 21.8 Å². The van der Waals surface area contributed by atoms with Crippen molar-refractivity contribution in [2.75, 3.05) is 90.5 Å². The highest BCUT2D eigenvalue weighted by atomic mass is 19.1. The van der Waals surface area contributed by atoms with E-state index < -0.39 is 12.3 Å². The second-order valence-corrected chi connectivity index (χ2v) is 16.4. The Morgan fingerprint density at radius 3 is 1.33 bits per heavy atom. The highest BCUT2D eigenvalue weighted by Crippen LogP contribution is 2.35. The lowest BCUT2D eigenvalue weighted by atomic mass is 9.88. The molecule has 0 radical (unpaired) electrons. The molecule has 4 aliphatic rings. The minimum absolute atomic E-state index is 0.118. The van der Waals surface area contributed by atoms with Crippen molar-refractivity contribution in [2.24, 2.45) is 0 Å². The third kappa shape index (κ3) is 7.91. The smallest absolute Gasteiger partial charge is 0.320 e. The van der Waals surface area contributed by atoms with E-state index in [1.807, 2.05) is 82.2 Å². The summed E-state index contributed by atoms with van der Waals surface area (Å²) in [5.41, 5.74) is 3.71. The molecular formula is C42H50F2N12O4. The van der Waals surface area contributed by atoms with Crippen molar-refractivity contribution in [3.63, 3.8) is 0 Å². The monoisotopic (exact) mass is 824 g/mol. The minimum Gasteiger partial charge on any atom is -0.467 e. The maximum Gasteiger partial charge on any atom is 0.320 e. The van der Waals surface area contributed by atoms with Gasteiger partial charge in [-0.2, -0.15) is 30.1 Å². The van der Waals surface area contributed by atoms with Gasteiger partial charge >= 0.3 is 12.0 Å². The van der Waals surface area contributed by atoms with Crippen LogP contribution in [0.4, 0.5) is 20.4 Å². The van der Waals surface area contributed by atoms with Crippen LogP contribution in [0, 0.1) is 0 Å². The van der Waals surface area contributed by atoms with Crippen molar-refractivity contribution < 1.29 is 28.5 Å². The Kier molecular flexibility index (Phi) is 11.0. The predicted molar refractivity (Wildman–Crippen MR) is 222 cm³/mol. The van der Waals surface area contributed by atoms with Crippen molar-refractivity contribution >= 4 is 33.4 Å². The fourth-order valence-corrected chi connectivity index (χ4v) is 8.57. The van der Waals surface area contributed by atoms with Crippen molar-refractivity contribution in [2.45, 2.75) is 49.2 Å². The van der Waals surface area contributed by atoms with Gasteiger partial charge in [0, 0.05) is 74.0 Å². The normalized spacial score (nSPS) is 23.0. The van der Waals surface area contributed by atoms with Crippen LogP contribution in [-0.2, 0) is 0 Å². The number of fused-ring (bicyclic) bond motifs is 2. The number of benzene rings is 2. The van der Waals surface area contributed by atoms with Gasteiger partial charge in [0.1, 0.15) is 24.0 Å². The number of rotatable bonds is 8. The van der Waals surface area contributed by atoms with Crippen LogP contribution >= 0.6 is 0 Å². The van der Waals surface area contributed by atoms with E-state index in [2.05, 4.69) is 30.1 Å². The standard InChI is InChI=1S/2C21H25FN6O2/c2*1-26-6-5-16(17(22)12-26)13-3-4-14-9-23-28(18(14)7-13)20-8-19(24-21(25-20)30-2)27-10-15(29)11-27/h2*3-4,7-9,15-17,29H,5-6,10-12H2,1-2H3. The summed E-state index contributed by atoms with van der Waals surface area (Å²) < 4.78 is 43.5. The zero-order chi connectivity index (χ0) is 41.7. The topological polar surface area (TPSA) is 159 Å². The first-order chi connectivity index (χ1) is 29.0. The average Bonchev–Trinajstić information content (AvgIpc) is 3.85. The van der Waals surface area contributed by atoms with Crippen LogP contribution in [-0.4, -0.2) is 165 Å². The van der Waals surface area contributed by atoms with Crippen LogP contribution in [0.25, 0.3) is 33.4 Å². The Labute approximate surface area is 346 Å². The third-order valence-corrected chi connectivity index (χ3v) is 12.1. The number of nitrogens with zero attached hydrogens (tertiary/aromatic N) is 12. The first kappa shape index (κ1) is 39.9. The summed E-state index contributed by atoms with van der Waals surface area (Å²) in [7, 11) is 6.96. The number of alkyl halides is 2. The van der Waals surface area contributed by atoms with Crippen molar-refractivity contribution in [1.29, 1.82) is 0 Å². The molecular weight excluding hydrogens is 775 g/mol. The SMILES string of the molecule is COc1nc(N2CC(O)C2)cc(-n2ncc3ccc(C4CCN(C)CC4F)cc32)n1.COc1nc(N2CC(O)C2)cc(-n2ncc3ccc(C4CCN(C)CC4F)cc32)n1. The van der Waals surface area contributed by atoms with Crippen LogP contribution in [0.1, 0.15) is 35.8 Å². The van der Waals surface area contributed by atoms with Gasteiger partial charge in [0.15, 0.2) is 11.6 Å². The number of likely N-dealkylation sites (tertiary alicyclic amines) is 2. The van der Waals surface area contributed by atoms with Gasteiger partial charge in [-0.3, -0.25) is 0 Å². The van der Waals surface area contributed by atoms with Crippen LogP contribution < -0.4 is 19.3 Å². The quantitative estimate of drug-likeness (QED) is 0.230. The fraction of sp³-hybridized carbons (Fsp3) is 0.476. The number of hydrogen-bond acceptors (Lipinski definition) is 14. The molecule has 2 N–H and O–H groups in total. The van der Waals surface area contributed by atoms with Gasteiger partial charge in [0.05, 0.1) is 49.9 Å². The first-order valence-electron chi connectivity index (χ1n) is 20.4. The maximum absolute atomic E-state index is 14.7. The lowest BCUT2D eigenvalue weighted by Crippen LogP contribution is -2.51. The molecule has 18 heteroatoms. The van der Waals surface area contributed by atoms with Crippen LogP contribution in [0.3, 0.4) is 0 Å². The molecule has 2 aromatic carbocycles. The molecule has 4 atom stereocenters. The number of ether oxygens (including phenoxy) is 2. The molecule has 10 rings (SSSR count). The molecule has 4 aromatic heterocycles. The van der Waals surface area contributed by atoms with E-state index in [1.165, 1.54) is 14.2 Å². The van der Waals surface area contributed by atoms with Crippen molar-refractivity contribution in [3.05, 3.63) is 72.1 Å². The molecule has 0 spiro atoms. The molecule has 4 aliphatic heterocycles. The molecule has 16 nitrogen and oxygen atoms in total. The zero-order valence-corrected chi connectivity index (χ0v) is 34.1. The summed E-state index contributed by atoms with van der Waals surface area (Å²) in [6.07, 6.45) is 2.68. The lowest BCUT2D eigenvalue weighted by molar-refractivity contribution is 0.139. The summed E-state index contributed by atoms with van der Waals surface area (Å²) in [5, 5.41) is 30.2. The molecule has 0 aliphatic carbocycles. The summed E-state index contributed by atoms with van der Waals surface area (Å²) in [6, 6.07) is 16.2. The van der Waals surface area contributed by atoms with Crippen molar-refractivity contribution in [3.8, 4) is 23.7 Å². The Morgan fingerprint density at radius 1 is 0.567 bits per heavy atom. The summed E-state index contributed by atoms with van der Waals surface area (Å²) in [4.78, 5) is 25.7. The van der Waals surface area contributed by atoms with Crippen LogP contribution in [0.5, 0.6) is 12.0 Å². The number of aliphatic hydroxyl groups excluding tert-OH is 2. The Morgan fingerprint density at radius 2 is 0.967 bits per heavy atom. The van der Waals surface area contributed by atoms with Crippen LogP contribution in [0.15, 0.2) is 60.9 Å². The maximum atomic E-state index is 14.7. The van der Waals surface area contributed by atoms with E-state index in [9.17, 15) is 19.0 Å². The van der Waals surface area contributed by atoms with Gasteiger partial charge in [0.2, 0.25) is 0 Å². The number of anilines is 2. The van der Waals surface area contributed by atoms with Gasteiger partial charge < -0.3 is 39.3 Å². The van der Waals surface area contributed by atoms with Gasteiger partial charge in [-0.1, -0.05) is 24.3 Å². The predicted octanol–water partition coefficient (Wildman–Crippen LogP) is 3.52. The van der Waals surface area contributed by atoms with Crippen LogP contribution in [0.2, 0.25) is 0 Å². The Bertz CT molecular complexity index is 2300. The second-order valence-electron chi connectivity index (χ2n) is 16.4. The van der Waals surface area contributed by atoms with E-state index in [0.29, 0.717) is 62.5 Å². The van der Waals surface area contributed by atoms with Gasteiger partial charge in [-0.15, -0.1) is 0 Å². The second kappa shape index (κ2) is 16.5. The molecule has 6 aromatic rings. The average molecular weight is 825 g/mol. The molecule has 0 amide bonds. The highest BCUT2D eigenvalue weighted by Gasteiger charge is 2.32. The molecule has 4 fully saturated rings. The third-order valence-electron chi connectivity index (χ3n) is 12.1. The number of hydrogen-bond donors (Lipinski definition) is 2. The summed E-state index contributed by atoms with van der Waals surface area (Å²) in [6.45, 7) is 4.78. The van der Waals surface area contributed by atoms with Gasteiger partial charge in [-0.25, -0.2) is 18.1 Å². The number of methoxy groups -OCH3 is 2. The first-order valence-corrected chi connectivity index (χ1v) is 20.4. The number of aromatic nitrogens is 8. The largest absolute Gasteiger partial charge is 0.467 e. The van der Waals surface area contributed by atoms with Crippen molar-refractivity contribution in [1.82, 2.24) is 49.3 Å². The van der Waals surface area contributed by atoms with E-state index >= 15 is 0 Å². The molecule has 316 valence electrons. The molecule has 0 bridgehead atoms. The molecule has 4 unspecified atom stereocenters. The summed E-state index contributed by atoms with van der Waals surface area (Å²) >= 11 is 0. The van der Waals surface area contributed by atoms with E-state index in [-0.39, 0.29) is 36.1 Å². The number of aliphatic hydroxyl groups is 2. The Hall–Kier alpha value is -5.56. The number of halogens is 2. The Balaban J connectivity index is 0.000000154. The van der Waals surface area contributed by atoms with Gasteiger partial charge in [0.25, 0.3) is 0 Å². The molecule has 0 saturated carbocycles. The lowest BCUT2D eigenvalue weighted by Gasteiger charge is -2.36. The highest BCUT2D eigenvalue weighted by molar-refractivity contribution is 5.82. The van der Waals surface area contributed by atoms with E-state index in [0.717, 1.165) is 58.9 Å². The number of β-amino-alcohol motifs (C(OH)–C–C–N with tert-alkyl or cyclic N) is 2. The zero-order valence-electron chi connectivity index (χ0n) is 34.1. The molecule has 60 heavy (non-hydrogen) atoms.